The van der Waals surface area contributed by atoms with E-state index in [9.17, 15) is 19.5 Å². The van der Waals surface area contributed by atoms with Crippen LogP contribution in [0.4, 0.5) is 0 Å². The summed E-state index contributed by atoms with van der Waals surface area (Å²) < 4.78 is 4.80. The van der Waals surface area contributed by atoms with E-state index in [2.05, 4.69) is 17.6 Å². The van der Waals surface area contributed by atoms with Crippen LogP contribution in [0.2, 0.25) is 0 Å². The van der Waals surface area contributed by atoms with Crippen molar-refractivity contribution < 1.29 is 24.2 Å². The van der Waals surface area contributed by atoms with Gasteiger partial charge in [0, 0.05) is 0 Å². The summed E-state index contributed by atoms with van der Waals surface area (Å²) in [4.78, 5) is 36.2. The zero-order valence-corrected chi connectivity index (χ0v) is 21.5. The molecular weight excluding hydrogens is 420 g/mol. The zero-order chi connectivity index (χ0) is 24.7. The molecule has 0 radical (unpaired) electrons. The van der Waals surface area contributed by atoms with Crippen molar-refractivity contribution in [3.8, 4) is 0 Å². The fourth-order valence-corrected chi connectivity index (χ4v) is 3.75. The van der Waals surface area contributed by atoms with Crippen molar-refractivity contribution in [1.82, 2.24) is 10.6 Å². The molecule has 194 valence electrons. The van der Waals surface area contributed by atoms with E-state index < -0.39 is 29.9 Å². The van der Waals surface area contributed by atoms with Gasteiger partial charge in [0.2, 0.25) is 11.8 Å². The highest BCUT2D eigenvalue weighted by Gasteiger charge is 2.24. The summed E-state index contributed by atoms with van der Waals surface area (Å²) in [5.74, 6) is -1.47. The predicted octanol–water partition coefficient (Wildman–Crippen LogP) is 4.79. The largest absolute Gasteiger partial charge is 0.465 e. The molecule has 0 spiro atoms. The molecule has 7 nitrogen and oxygen atoms in total. The predicted molar refractivity (Wildman–Crippen MR) is 133 cm³/mol. The highest BCUT2D eigenvalue weighted by molar-refractivity contribution is 5.90. The van der Waals surface area contributed by atoms with Crippen LogP contribution in [0, 0.1) is 0 Å². The van der Waals surface area contributed by atoms with Gasteiger partial charge in [0.05, 0.1) is 6.61 Å². The van der Waals surface area contributed by atoms with E-state index >= 15 is 0 Å². The highest BCUT2D eigenvalue weighted by atomic mass is 16.5. The number of aliphatic hydroxyl groups is 1. The second-order valence-electron chi connectivity index (χ2n) is 8.92. The zero-order valence-electron chi connectivity index (χ0n) is 21.5. The lowest BCUT2D eigenvalue weighted by Gasteiger charge is -2.20. The Morgan fingerprint density at radius 1 is 0.697 bits per heavy atom. The van der Waals surface area contributed by atoms with Crippen LogP contribution in [0.3, 0.4) is 0 Å². The fourth-order valence-electron chi connectivity index (χ4n) is 3.75. The van der Waals surface area contributed by atoms with Crippen molar-refractivity contribution in [2.75, 3.05) is 13.2 Å². The molecule has 0 saturated heterocycles. The summed E-state index contributed by atoms with van der Waals surface area (Å²) >= 11 is 0. The topological polar surface area (TPSA) is 105 Å². The van der Waals surface area contributed by atoms with Crippen molar-refractivity contribution in [3.63, 3.8) is 0 Å². The van der Waals surface area contributed by atoms with Gasteiger partial charge in [-0.3, -0.25) is 14.4 Å². The number of nitrogens with one attached hydrogen (secondary N) is 2. The van der Waals surface area contributed by atoms with Crippen molar-refractivity contribution in [1.29, 1.82) is 0 Å². The molecule has 0 fully saturated rings. The van der Waals surface area contributed by atoms with Gasteiger partial charge < -0.3 is 20.5 Å². The normalized spacial score (nSPS) is 12.7. The van der Waals surface area contributed by atoms with Gasteiger partial charge in [0.25, 0.3) is 0 Å². The molecule has 0 aromatic heterocycles. The smallest absolute Gasteiger partial charge is 0.325 e. The summed E-state index contributed by atoms with van der Waals surface area (Å²) in [6, 6.07) is -0.761. The molecule has 2 unspecified atom stereocenters. The van der Waals surface area contributed by atoms with E-state index in [0.717, 1.165) is 32.1 Å². The van der Waals surface area contributed by atoms with Gasteiger partial charge in [-0.1, -0.05) is 104 Å². The Balaban J connectivity index is 4.04. The SMILES string of the molecule is CCCCCCCCCCCCCCC(O)C(=O)NC(CCCC)C(=O)NCC(=O)OCC. The lowest BCUT2D eigenvalue weighted by molar-refractivity contribution is -0.143. The van der Waals surface area contributed by atoms with E-state index in [4.69, 9.17) is 4.74 Å². The molecule has 0 heterocycles. The second kappa shape index (κ2) is 22.2. The molecule has 0 bridgehead atoms. The third-order valence-electron chi connectivity index (χ3n) is 5.83. The second-order valence-corrected chi connectivity index (χ2v) is 8.92. The molecule has 0 saturated carbocycles. The Morgan fingerprint density at radius 3 is 1.73 bits per heavy atom. The van der Waals surface area contributed by atoms with Crippen molar-refractivity contribution in [2.24, 2.45) is 0 Å². The summed E-state index contributed by atoms with van der Waals surface area (Å²) in [5.41, 5.74) is 0. The molecule has 0 aliphatic rings. The first-order chi connectivity index (χ1) is 16.0. The first-order valence-corrected chi connectivity index (χ1v) is 13.4. The number of hydrogen-bond donors (Lipinski definition) is 3. The van der Waals surface area contributed by atoms with Crippen LogP contribution >= 0.6 is 0 Å². The van der Waals surface area contributed by atoms with Gasteiger partial charge in [0.1, 0.15) is 18.7 Å². The first-order valence-electron chi connectivity index (χ1n) is 13.4. The standard InChI is InChI=1S/C26H50N2O5/c1-4-7-9-10-11-12-13-14-15-16-17-18-20-23(29)26(32)28-22(19-8-5-2)25(31)27-21-24(30)33-6-3/h22-23,29H,4-21H2,1-3H3,(H,27,31)(H,28,32). The Labute approximate surface area is 201 Å². The first kappa shape index (κ1) is 31.4. The maximum atomic E-state index is 12.4. The molecule has 33 heavy (non-hydrogen) atoms. The minimum atomic E-state index is -1.12. The van der Waals surface area contributed by atoms with Crippen LogP contribution in [0.5, 0.6) is 0 Å². The number of aliphatic hydroxyl groups excluding tert-OH is 1. The molecule has 0 aliphatic carbocycles. The van der Waals surface area contributed by atoms with E-state index in [1.54, 1.807) is 6.92 Å². The van der Waals surface area contributed by atoms with E-state index in [-0.39, 0.29) is 13.2 Å². The molecule has 2 amide bonds. The van der Waals surface area contributed by atoms with Gasteiger partial charge in [0.15, 0.2) is 0 Å². The maximum Gasteiger partial charge on any atom is 0.325 e. The number of amides is 2. The van der Waals surface area contributed by atoms with Crippen LogP contribution in [0.15, 0.2) is 0 Å². The minimum Gasteiger partial charge on any atom is -0.465 e. The molecule has 0 rings (SSSR count). The fraction of sp³-hybridized carbons (Fsp3) is 0.885. The van der Waals surface area contributed by atoms with E-state index in [1.165, 1.54) is 57.8 Å². The molecule has 7 heteroatoms. The van der Waals surface area contributed by atoms with Crippen LogP contribution in [-0.2, 0) is 19.1 Å². The average molecular weight is 471 g/mol. The summed E-state index contributed by atoms with van der Waals surface area (Å²) in [6.07, 6.45) is 16.1. The number of carbonyl (C=O) groups excluding carboxylic acids is 3. The average Bonchev–Trinajstić information content (AvgIpc) is 2.80. The number of unbranched alkanes of at least 4 members (excludes halogenated alkanes) is 12. The van der Waals surface area contributed by atoms with Gasteiger partial charge in [-0.25, -0.2) is 0 Å². The van der Waals surface area contributed by atoms with E-state index in [0.29, 0.717) is 12.8 Å². The van der Waals surface area contributed by atoms with Crippen LogP contribution < -0.4 is 10.6 Å². The maximum absolute atomic E-state index is 12.4. The molecule has 2 atom stereocenters. The quantitative estimate of drug-likeness (QED) is 0.156. The molecule has 0 aromatic carbocycles. The monoisotopic (exact) mass is 470 g/mol. The molecular formula is C26H50N2O5. The van der Waals surface area contributed by atoms with Crippen LogP contribution in [0.25, 0.3) is 0 Å². The molecule has 3 N–H and O–H groups in total. The van der Waals surface area contributed by atoms with Gasteiger partial charge in [-0.2, -0.15) is 0 Å². The lowest BCUT2D eigenvalue weighted by Crippen LogP contribution is -2.50. The Morgan fingerprint density at radius 2 is 1.21 bits per heavy atom. The highest BCUT2D eigenvalue weighted by Crippen LogP contribution is 2.13. The lowest BCUT2D eigenvalue weighted by atomic mass is 10.0. The number of hydrogen-bond acceptors (Lipinski definition) is 5. The summed E-state index contributed by atoms with van der Waals surface area (Å²) in [7, 11) is 0. The van der Waals surface area contributed by atoms with Gasteiger partial charge in [-0.05, 0) is 19.8 Å². The Kier molecular flexibility index (Phi) is 21.1. The number of carbonyl (C=O) groups is 3. The van der Waals surface area contributed by atoms with Crippen LogP contribution in [-0.4, -0.2) is 48.2 Å². The van der Waals surface area contributed by atoms with Crippen molar-refractivity contribution in [2.45, 2.75) is 136 Å². The number of ether oxygens (including phenoxy) is 1. The van der Waals surface area contributed by atoms with Crippen LogP contribution in [0.1, 0.15) is 124 Å². The molecule has 0 aromatic rings. The summed E-state index contributed by atoms with van der Waals surface area (Å²) in [6.45, 7) is 5.95. The summed E-state index contributed by atoms with van der Waals surface area (Å²) in [5, 5.41) is 15.4. The molecule has 0 aliphatic heterocycles. The number of esters is 1. The van der Waals surface area contributed by atoms with Gasteiger partial charge in [-0.15, -0.1) is 0 Å². The number of rotatable bonds is 22. The Hall–Kier alpha value is -1.63. The minimum absolute atomic E-state index is 0.230. The van der Waals surface area contributed by atoms with Crippen molar-refractivity contribution >= 4 is 17.8 Å². The van der Waals surface area contributed by atoms with Crippen molar-refractivity contribution in [3.05, 3.63) is 0 Å². The van der Waals surface area contributed by atoms with Gasteiger partial charge >= 0.3 is 5.97 Å². The Bertz CT molecular complexity index is 513. The van der Waals surface area contributed by atoms with E-state index in [1.807, 2.05) is 6.92 Å². The third kappa shape index (κ3) is 18.5. The third-order valence-corrected chi connectivity index (χ3v) is 5.83.